The summed E-state index contributed by atoms with van der Waals surface area (Å²) >= 11 is 0. The number of aliphatic imine (C=N–C) groups is 1. The van der Waals surface area contributed by atoms with Crippen molar-refractivity contribution >= 4 is 11.7 Å². The number of aliphatic hydroxyl groups excluding tert-OH is 1. The van der Waals surface area contributed by atoms with Gasteiger partial charge in [-0.15, -0.1) is 0 Å². The fourth-order valence-corrected chi connectivity index (χ4v) is 1.70. The van der Waals surface area contributed by atoms with Crippen LogP contribution in [0, 0.1) is 5.92 Å². The largest absolute Gasteiger partial charge is 0.438 e. The topological polar surface area (TPSA) is 103 Å². The van der Waals surface area contributed by atoms with Crippen LogP contribution in [0.1, 0.15) is 20.8 Å². The van der Waals surface area contributed by atoms with Crippen LogP contribution in [0.2, 0.25) is 0 Å². The van der Waals surface area contributed by atoms with Gasteiger partial charge < -0.3 is 25.1 Å². The van der Waals surface area contributed by atoms with Gasteiger partial charge in [0.05, 0.1) is 11.6 Å². The van der Waals surface area contributed by atoms with E-state index >= 15 is 0 Å². The van der Waals surface area contributed by atoms with E-state index in [2.05, 4.69) is 4.99 Å². The summed E-state index contributed by atoms with van der Waals surface area (Å²) in [5.41, 5.74) is 4.83. The second-order valence-electron chi connectivity index (χ2n) is 4.99. The Hall–Kier alpha value is -1.28. The number of nitrogens with zero attached hydrogens (tertiary/aromatic N) is 1. The van der Waals surface area contributed by atoms with E-state index in [-0.39, 0.29) is 24.4 Å². The van der Waals surface area contributed by atoms with Gasteiger partial charge in [-0.1, -0.05) is 13.8 Å². The van der Waals surface area contributed by atoms with Crippen molar-refractivity contribution in [3.63, 3.8) is 0 Å². The van der Waals surface area contributed by atoms with Gasteiger partial charge >= 0.3 is 5.97 Å². The van der Waals surface area contributed by atoms with Crippen LogP contribution in [0.3, 0.4) is 0 Å². The Morgan fingerprint density at radius 2 is 2.25 bits per heavy atom. The average molecular weight is 286 g/mol. The Kier molecular flexibility index (Phi) is 5.82. The van der Waals surface area contributed by atoms with Gasteiger partial charge in [0.2, 0.25) is 0 Å². The van der Waals surface area contributed by atoms with E-state index in [4.69, 9.17) is 19.9 Å². The van der Waals surface area contributed by atoms with Gasteiger partial charge in [0.15, 0.2) is 6.79 Å². The summed E-state index contributed by atoms with van der Waals surface area (Å²) in [6.45, 7) is 4.94. The van der Waals surface area contributed by atoms with Crippen LogP contribution in [0.4, 0.5) is 0 Å². The maximum Gasteiger partial charge on any atom is 0.310 e. The highest BCUT2D eigenvalue weighted by molar-refractivity contribution is 5.94. The molecule has 0 aliphatic carbocycles. The molecule has 0 saturated heterocycles. The molecule has 0 aromatic rings. The van der Waals surface area contributed by atoms with Crippen LogP contribution in [-0.2, 0) is 19.0 Å². The molecule has 0 radical (unpaired) electrons. The van der Waals surface area contributed by atoms with Crippen molar-refractivity contribution in [2.75, 3.05) is 13.9 Å². The number of nitrogens with two attached hydrogens (primary N) is 1. The van der Waals surface area contributed by atoms with Crippen LogP contribution < -0.4 is 5.73 Å². The molecule has 0 saturated carbocycles. The van der Waals surface area contributed by atoms with Gasteiger partial charge in [-0.05, 0) is 13.0 Å². The fourth-order valence-electron chi connectivity index (χ4n) is 1.70. The van der Waals surface area contributed by atoms with Crippen molar-refractivity contribution in [3.8, 4) is 0 Å². The third-order valence-corrected chi connectivity index (χ3v) is 3.07. The molecule has 114 valence electrons. The molecule has 0 amide bonds. The molecular formula is C13H22N2O5. The van der Waals surface area contributed by atoms with Crippen molar-refractivity contribution in [1.29, 1.82) is 0 Å². The molecule has 1 aliphatic heterocycles. The van der Waals surface area contributed by atoms with Crippen LogP contribution in [-0.4, -0.2) is 48.6 Å². The summed E-state index contributed by atoms with van der Waals surface area (Å²) in [5.74, 6) is -0.617. The molecule has 0 aromatic carbocycles. The van der Waals surface area contributed by atoms with Crippen molar-refractivity contribution in [2.24, 2.45) is 16.6 Å². The van der Waals surface area contributed by atoms with Crippen molar-refractivity contribution in [1.82, 2.24) is 0 Å². The lowest BCUT2D eigenvalue weighted by molar-refractivity contribution is -0.170. The van der Waals surface area contributed by atoms with Gasteiger partial charge in [-0.25, -0.2) is 0 Å². The Morgan fingerprint density at radius 3 is 2.75 bits per heavy atom. The third-order valence-electron chi connectivity index (χ3n) is 3.07. The van der Waals surface area contributed by atoms with Crippen molar-refractivity contribution in [2.45, 2.75) is 38.7 Å². The zero-order valence-corrected chi connectivity index (χ0v) is 12.2. The Labute approximate surface area is 118 Å². The number of carbonyl (C=O) groups is 1. The number of ether oxygens (including phenoxy) is 3. The van der Waals surface area contributed by atoms with E-state index in [1.807, 2.05) is 0 Å². The minimum absolute atomic E-state index is 0.220. The Balaban J connectivity index is 2.74. The number of hydrogen-bond acceptors (Lipinski definition) is 7. The molecule has 0 bridgehead atoms. The second kappa shape index (κ2) is 6.94. The van der Waals surface area contributed by atoms with Crippen LogP contribution in [0.25, 0.3) is 0 Å². The summed E-state index contributed by atoms with van der Waals surface area (Å²) in [7, 11) is 1.51. The number of esters is 1. The molecule has 7 nitrogen and oxygen atoms in total. The number of aliphatic hydroxyl groups is 1. The van der Waals surface area contributed by atoms with E-state index < -0.39 is 17.9 Å². The lowest BCUT2D eigenvalue weighted by atomic mass is 9.92. The van der Waals surface area contributed by atoms with E-state index in [0.29, 0.717) is 0 Å². The number of hydrogen-bond donors (Lipinski definition) is 2. The van der Waals surface area contributed by atoms with Gasteiger partial charge in [0.1, 0.15) is 17.9 Å². The molecule has 0 fully saturated rings. The molecule has 3 atom stereocenters. The fraction of sp³-hybridized carbons (Fsp3) is 0.692. The molecule has 1 rings (SSSR count). The minimum Gasteiger partial charge on any atom is -0.438 e. The summed E-state index contributed by atoms with van der Waals surface area (Å²) in [6.07, 6.45) is 1.17. The van der Waals surface area contributed by atoms with Gasteiger partial charge in [-0.3, -0.25) is 9.79 Å². The lowest BCUT2D eigenvalue weighted by Gasteiger charge is -2.36. The zero-order chi connectivity index (χ0) is 15.3. The maximum atomic E-state index is 11.4. The number of methoxy groups -OCH3 is 1. The lowest BCUT2D eigenvalue weighted by Crippen LogP contribution is -2.53. The van der Waals surface area contributed by atoms with Gasteiger partial charge in [0, 0.05) is 13.3 Å². The maximum absolute atomic E-state index is 11.4. The highest BCUT2D eigenvalue weighted by atomic mass is 16.7. The monoisotopic (exact) mass is 286 g/mol. The van der Waals surface area contributed by atoms with E-state index in [9.17, 15) is 9.90 Å². The molecule has 0 spiro atoms. The van der Waals surface area contributed by atoms with Crippen LogP contribution >= 0.6 is 0 Å². The molecule has 1 heterocycles. The minimum atomic E-state index is -1.28. The molecule has 20 heavy (non-hydrogen) atoms. The smallest absolute Gasteiger partial charge is 0.310 e. The first-order valence-corrected chi connectivity index (χ1v) is 6.34. The van der Waals surface area contributed by atoms with E-state index in [1.165, 1.54) is 13.3 Å². The summed E-state index contributed by atoms with van der Waals surface area (Å²) in [5, 5.41) is 9.54. The molecule has 2 unspecified atom stereocenters. The molecule has 3 N–H and O–H groups in total. The number of carbonyl (C=O) groups excluding carboxylic acids is 1. The average Bonchev–Trinajstić information content (AvgIpc) is 2.39. The van der Waals surface area contributed by atoms with Gasteiger partial charge in [-0.2, -0.15) is 0 Å². The predicted octanol–water partition coefficient (Wildman–Crippen LogP) is 0.179. The van der Waals surface area contributed by atoms with E-state index in [1.54, 1.807) is 26.8 Å². The Morgan fingerprint density at radius 1 is 1.60 bits per heavy atom. The summed E-state index contributed by atoms with van der Waals surface area (Å²) < 4.78 is 15.8. The normalized spacial score (nSPS) is 27.4. The SMILES string of the molecule is CO[C@]1(C)C=CN=C(C(N)O)C1OCOC(=O)C(C)C. The van der Waals surface area contributed by atoms with Gasteiger partial charge in [0.25, 0.3) is 0 Å². The Bertz CT molecular complexity index is 406. The predicted molar refractivity (Wildman–Crippen MR) is 72.9 cm³/mol. The molecule has 0 aromatic heterocycles. The van der Waals surface area contributed by atoms with Crippen molar-refractivity contribution in [3.05, 3.63) is 12.3 Å². The molecule has 1 aliphatic rings. The molecular weight excluding hydrogens is 264 g/mol. The summed E-state index contributed by atoms with van der Waals surface area (Å²) in [4.78, 5) is 15.4. The molecule has 7 heteroatoms. The number of rotatable bonds is 6. The highest BCUT2D eigenvalue weighted by Gasteiger charge is 2.40. The second-order valence-corrected chi connectivity index (χ2v) is 4.99. The third kappa shape index (κ3) is 3.86. The highest BCUT2D eigenvalue weighted by Crippen LogP contribution is 2.25. The summed E-state index contributed by atoms with van der Waals surface area (Å²) in [6, 6.07) is 0. The van der Waals surface area contributed by atoms with Crippen LogP contribution in [0.5, 0.6) is 0 Å². The first-order chi connectivity index (χ1) is 9.31. The van der Waals surface area contributed by atoms with Crippen LogP contribution in [0.15, 0.2) is 17.3 Å². The standard InChI is InChI=1S/C13H22N2O5/c1-8(2)12(17)20-7-19-10-9(11(14)16)15-6-5-13(10,3)18-4/h5-6,8,10-11,16H,7,14H2,1-4H3/t10?,11?,13-/m1/s1. The van der Waals surface area contributed by atoms with E-state index in [0.717, 1.165) is 0 Å². The van der Waals surface area contributed by atoms with Crippen molar-refractivity contribution < 1.29 is 24.1 Å². The zero-order valence-electron chi connectivity index (χ0n) is 12.2. The first kappa shape index (κ1) is 16.8. The first-order valence-electron chi connectivity index (χ1n) is 6.34. The quantitative estimate of drug-likeness (QED) is 0.533.